The Balaban J connectivity index is 1.61. The molecule has 2 atom stereocenters. The molecule has 2 aliphatic heterocycles. The minimum absolute atomic E-state index is 0.305. The molecule has 1 aromatic heterocycles. The number of aryl methyl sites for hydroxylation is 2. The van der Waals surface area contributed by atoms with Crippen molar-refractivity contribution in [3.05, 3.63) is 21.4 Å². The Morgan fingerprint density at radius 2 is 2.14 bits per heavy atom. The van der Waals surface area contributed by atoms with Crippen LogP contribution in [0.5, 0.6) is 0 Å². The Morgan fingerprint density at radius 3 is 2.86 bits per heavy atom. The lowest BCUT2D eigenvalue weighted by Gasteiger charge is -2.45. The number of fused-ring (bicyclic) bond motifs is 1. The summed E-state index contributed by atoms with van der Waals surface area (Å²) in [5, 5.41) is 0. The van der Waals surface area contributed by atoms with Crippen molar-refractivity contribution in [3.8, 4) is 0 Å². The zero-order valence-electron chi connectivity index (χ0n) is 13.4. The van der Waals surface area contributed by atoms with E-state index in [1.54, 1.807) is 11.3 Å². The highest BCUT2D eigenvalue weighted by molar-refractivity contribution is 7.12. The van der Waals surface area contributed by atoms with Crippen LogP contribution in [0.3, 0.4) is 0 Å². The molecule has 0 amide bonds. The maximum absolute atomic E-state index is 12.5. The standard InChI is InChI=1S/C17H26N2OS/c1-12-9-15(13(2)21-12)17(20)11-19-8-6-16-14(10-19)5-4-7-18(16)3/h9,14,16H,4-8,10-11H2,1-3H3. The topological polar surface area (TPSA) is 23.6 Å². The van der Waals surface area contributed by atoms with Crippen molar-refractivity contribution >= 4 is 17.1 Å². The van der Waals surface area contributed by atoms with Gasteiger partial charge in [-0.25, -0.2) is 0 Å². The van der Waals surface area contributed by atoms with E-state index in [0.717, 1.165) is 30.6 Å². The van der Waals surface area contributed by atoms with E-state index in [4.69, 9.17) is 0 Å². The van der Waals surface area contributed by atoms with Gasteiger partial charge >= 0.3 is 0 Å². The van der Waals surface area contributed by atoms with Crippen LogP contribution in [0, 0.1) is 19.8 Å². The molecule has 2 fully saturated rings. The summed E-state index contributed by atoms with van der Waals surface area (Å²) in [6.07, 6.45) is 3.86. The number of ketones is 1. The van der Waals surface area contributed by atoms with Crippen LogP contribution in [0.2, 0.25) is 0 Å². The highest BCUT2D eigenvalue weighted by atomic mass is 32.1. The molecule has 3 rings (SSSR count). The summed E-state index contributed by atoms with van der Waals surface area (Å²) in [5.41, 5.74) is 0.945. The summed E-state index contributed by atoms with van der Waals surface area (Å²) in [7, 11) is 2.26. The van der Waals surface area contributed by atoms with Crippen molar-refractivity contribution in [2.24, 2.45) is 5.92 Å². The van der Waals surface area contributed by atoms with Gasteiger partial charge in [0.1, 0.15) is 0 Å². The predicted octanol–water partition coefficient (Wildman–Crippen LogP) is 2.96. The first-order valence-electron chi connectivity index (χ1n) is 8.07. The Kier molecular flexibility index (Phi) is 4.48. The number of nitrogens with zero attached hydrogens (tertiary/aromatic N) is 2. The normalized spacial score (nSPS) is 27.6. The maximum Gasteiger partial charge on any atom is 0.177 e. The maximum atomic E-state index is 12.5. The molecule has 3 heterocycles. The van der Waals surface area contributed by atoms with Gasteiger partial charge in [-0.05, 0) is 58.7 Å². The van der Waals surface area contributed by atoms with Crippen LogP contribution in [0.25, 0.3) is 0 Å². The van der Waals surface area contributed by atoms with Gasteiger partial charge in [0.25, 0.3) is 0 Å². The van der Waals surface area contributed by atoms with Crippen molar-refractivity contribution < 1.29 is 4.79 Å². The molecule has 0 saturated carbocycles. The van der Waals surface area contributed by atoms with Gasteiger partial charge in [-0.3, -0.25) is 9.69 Å². The first-order valence-corrected chi connectivity index (χ1v) is 8.89. The second-order valence-electron chi connectivity index (χ2n) is 6.72. The molecule has 116 valence electrons. The van der Waals surface area contributed by atoms with E-state index >= 15 is 0 Å². The molecular formula is C17H26N2OS. The second-order valence-corrected chi connectivity index (χ2v) is 8.18. The number of hydrogen-bond donors (Lipinski definition) is 0. The van der Waals surface area contributed by atoms with Crippen LogP contribution in [-0.2, 0) is 0 Å². The van der Waals surface area contributed by atoms with E-state index in [-0.39, 0.29) is 0 Å². The Hall–Kier alpha value is -0.710. The molecule has 0 N–H and O–H groups in total. The van der Waals surface area contributed by atoms with Crippen LogP contribution >= 0.6 is 11.3 Å². The summed E-state index contributed by atoms with van der Waals surface area (Å²) in [6, 6.07) is 2.80. The Bertz CT molecular complexity index is 525. The average molecular weight is 306 g/mol. The Labute approximate surface area is 131 Å². The van der Waals surface area contributed by atoms with Crippen molar-refractivity contribution in [1.29, 1.82) is 0 Å². The lowest BCUT2D eigenvalue weighted by atomic mass is 9.84. The highest BCUT2D eigenvalue weighted by Gasteiger charge is 2.34. The molecule has 0 aliphatic carbocycles. The lowest BCUT2D eigenvalue weighted by molar-refractivity contribution is 0.0378. The largest absolute Gasteiger partial charge is 0.303 e. The van der Waals surface area contributed by atoms with Gasteiger partial charge in [0, 0.05) is 34.4 Å². The van der Waals surface area contributed by atoms with Gasteiger partial charge in [0.05, 0.1) is 6.54 Å². The summed E-state index contributed by atoms with van der Waals surface area (Å²) < 4.78 is 0. The van der Waals surface area contributed by atoms with Gasteiger partial charge in [0.2, 0.25) is 0 Å². The summed E-state index contributed by atoms with van der Waals surface area (Å²) in [4.78, 5) is 19.8. The molecule has 2 saturated heterocycles. The highest BCUT2D eigenvalue weighted by Crippen LogP contribution is 2.30. The molecule has 3 nitrogen and oxygen atoms in total. The fraction of sp³-hybridized carbons (Fsp3) is 0.706. The number of piperidine rings is 2. The fourth-order valence-corrected chi connectivity index (χ4v) is 5.01. The van der Waals surface area contributed by atoms with E-state index < -0.39 is 0 Å². The predicted molar refractivity (Wildman–Crippen MR) is 88.3 cm³/mol. The van der Waals surface area contributed by atoms with Crippen molar-refractivity contribution in [2.45, 2.75) is 39.2 Å². The zero-order chi connectivity index (χ0) is 15.0. The smallest absolute Gasteiger partial charge is 0.177 e. The molecular weight excluding hydrogens is 280 g/mol. The van der Waals surface area contributed by atoms with Crippen molar-refractivity contribution in [3.63, 3.8) is 0 Å². The van der Waals surface area contributed by atoms with Crippen molar-refractivity contribution in [1.82, 2.24) is 9.80 Å². The van der Waals surface area contributed by atoms with E-state index in [9.17, 15) is 4.79 Å². The third-order valence-electron chi connectivity index (χ3n) is 5.14. The van der Waals surface area contributed by atoms with Gasteiger partial charge < -0.3 is 4.90 Å². The number of carbonyl (C=O) groups is 1. The third-order valence-corrected chi connectivity index (χ3v) is 6.10. The lowest BCUT2D eigenvalue weighted by Crippen LogP contribution is -2.53. The van der Waals surface area contributed by atoms with Crippen LogP contribution < -0.4 is 0 Å². The third kappa shape index (κ3) is 3.22. The summed E-state index contributed by atoms with van der Waals surface area (Å²) in [6.45, 7) is 8.16. The van der Waals surface area contributed by atoms with E-state index in [0.29, 0.717) is 12.3 Å². The van der Waals surface area contributed by atoms with Gasteiger partial charge in [0.15, 0.2) is 5.78 Å². The quantitative estimate of drug-likeness (QED) is 0.802. The first kappa shape index (κ1) is 15.2. The number of rotatable bonds is 3. The van der Waals surface area contributed by atoms with E-state index in [1.165, 1.54) is 35.6 Å². The Morgan fingerprint density at radius 1 is 1.33 bits per heavy atom. The van der Waals surface area contributed by atoms with E-state index in [2.05, 4.69) is 36.8 Å². The minimum Gasteiger partial charge on any atom is -0.303 e. The van der Waals surface area contributed by atoms with Crippen LogP contribution in [-0.4, -0.2) is 54.9 Å². The number of hydrogen-bond acceptors (Lipinski definition) is 4. The molecule has 1 aromatic rings. The zero-order valence-corrected chi connectivity index (χ0v) is 14.2. The van der Waals surface area contributed by atoms with Crippen molar-refractivity contribution in [2.75, 3.05) is 33.2 Å². The van der Waals surface area contributed by atoms with Gasteiger partial charge in [-0.1, -0.05) is 0 Å². The van der Waals surface area contributed by atoms with Crippen LogP contribution in [0.1, 0.15) is 39.4 Å². The van der Waals surface area contributed by atoms with Gasteiger partial charge in [-0.15, -0.1) is 11.3 Å². The number of carbonyl (C=O) groups excluding carboxylic acids is 1. The molecule has 4 heteroatoms. The average Bonchev–Trinajstić information content (AvgIpc) is 2.78. The molecule has 0 aromatic carbocycles. The molecule has 0 spiro atoms. The SMILES string of the molecule is Cc1cc(C(=O)CN2CCC3C(CCCN3C)C2)c(C)s1. The second kappa shape index (κ2) is 6.19. The number of thiophene rings is 1. The summed E-state index contributed by atoms with van der Waals surface area (Å²) in [5.74, 6) is 1.06. The number of Topliss-reactive ketones (excluding diaryl/α,β-unsaturated/α-hetero) is 1. The van der Waals surface area contributed by atoms with Crippen LogP contribution in [0.4, 0.5) is 0 Å². The van der Waals surface area contributed by atoms with E-state index in [1.807, 2.05) is 0 Å². The number of likely N-dealkylation sites (tertiary alicyclic amines) is 2. The van der Waals surface area contributed by atoms with Crippen LogP contribution in [0.15, 0.2) is 6.07 Å². The monoisotopic (exact) mass is 306 g/mol. The minimum atomic E-state index is 0.305. The molecule has 21 heavy (non-hydrogen) atoms. The molecule has 0 radical (unpaired) electrons. The fourth-order valence-electron chi connectivity index (χ4n) is 4.07. The van der Waals surface area contributed by atoms with Gasteiger partial charge in [-0.2, -0.15) is 0 Å². The summed E-state index contributed by atoms with van der Waals surface area (Å²) >= 11 is 1.73. The molecule has 2 unspecified atom stereocenters. The molecule has 0 bridgehead atoms. The molecule has 2 aliphatic rings. The first-order chi connectivity index (χ1) is 10.0.